The van der Waals surface area contributed by atoms with Crippen LogP contribution in [0.3, 0.4) is 0 Å². The van der Waals surface area contributed by atoms with Gasteiger partial charge in [-0.3, -0.25) is 4.79 Å². The van der Waals surface area contributed by atoms with Crippen molar-refractivity contribution in [2.45, 2.75) is 0 Å². The molecular formula is C16H12BrN3O3. The maximum absolute atomic E-state index is 12.3. The van der Waals surface area contributed by atoms with E-state index in [-0.39, 0.29) is 11.7 Å². The third-order valence-electron chi connectivity index (χ3n) is 3.25. The number of nitrogens with zero attached hydrogens (tertiary/aromatic N) is 2. The Morgan fingerprint density at radius 3 is 2.83 bits per heavy atom. The minimum atomic E-state index is -0.304. The number of aromatic hydroxyl groups is 1. The molecule has 2 N–H and O–H groups in total. The van der Waals surface area contributed by atoms with Crippen molar-refractivity contribution in [2.75, 3.05) is 12.4 Å². The average Bonchev–Trinajstić information content (AvgIpc) is 2.55. The van der Waals surface area contributed by atoms with Crippen molar-refractivity contribution in [3.8, 4) is 11.5 Å². The number of phenols is 1. The molecule has 1 heterocycles. The first-order chi connectivity index (χ1) is 11.1. The molecule has 3 rings (SSSR count). The molecule has 1 amide bonds. The normalized spacial score (nSPS) is 10.5. The smallest absolute Gasteiger partial charge is 0.256 e. The Hall–Kier alpha value is -2.67. The van der Waals surface area contributed by atoms with Crippen LogP contribution < -0.4 is 10.1 Å². The van der Waals surface area contributed by atoms with Crippen LogP contribution in [0.2, 0.25) is 0 Å². The molecule has 2 aromatic carbocycles. The van der Waals surface area contributed by atoms with E-state index < -0.39 is 0 Å². The Morgan fingerprint density at radius 1 is 1.26 bits per heavy atom. The molecule has 0 atom stereocenters. The number of hydrogen-bond acceptors (Lipinski definition) is 5. The van der Waals surface area contributed by atoms with Crippen molar-refractivity contribution >= 4 is 38.6 Å². The number of ether oxygens (including phenoxy) is 1. The highest BCUT2D eigenvalue weighted by atomic mass is 79.9. The summed E-state index contributed by atoms with van der Waals surface area (Å²) < 4.78 is 5.86. The Labute approximate surface area is 140 Å². The van der Waals surface area contributed by atoms with Crippen LogP contribution in [0.1, 0.15) is 10.4 Å². The molecule has 3 aromatic rings. The second-order valence-electron chi connectivity index (χ2n) is 4.73. The van der Waals surface area contributed by atoms with E-state index in [1.54, 1.807) is 24.3 Å². The second kappa shape index (κ2) is 6.21. The van der Waals surface area contributed by atoms with Gasteiger partial charge in [-0.05, 0) is 24.3 Å². The lowest BCUT2D eigenvalue weighted by atomic mass is 10.2. The Morgan fingerprint density at radius 2 is 2.09 bits per heavy atom. The van der Waals surface area contributed by atoms with Gasteiger partial charge in [-0.1, -0.05) is 22.0 Å². The van der Waals surface area contributed by atoms with Crippen molar-refractivity contribution in [1.82, 2.24) is 9.97 Å². The first-order valence-electron chi connectivity index (χ1n) is 6.67. The summed E-state index contributed by atoms with van der Waals surface area (Å²) in [5.74, 6) is 0.271. The predicted octanol–water partition coefficient (Wildman–Crippen LogP) is 3.36. The summed E-state index contributed by atoms with van der Waals surface area (Å²) >= 11 is 3.33. The molecule has 116 valence electrons. The number of hydrogen-bond donors (Lipinski definition) is 2. The van der Waals surface area contributed by atoms with E-state index in [9.17, 15) is 9.90 Å². The Kier molecular flexibility index (Phi) is 4.12. The van der Waals surface area contributed by atoms with E-state index >= 15 is 0 Å². The maximum Gasteiger partial charge on any atom is 0.256 e. The van der Waals surface area contributed by atoms with Crippen LogP contribution in [0.15, 0.2) is 47.2 Å². The molecule has 7 heteroatoms. The minimum Gasteiger partial charge on any atom is -0.504 e. The van der Waals surface area contributed by atoms with Crippen molar-refractivity contribution in [2.24, 2.45) is 0 Å². The van der Waals surface area contributed by atoms with Crippen LogP contribution in [0.25, 0.3) is 10.9 Å². The molecule has 0 unspecified atom stereocenters. The third-order valence-corrected chi connectivity index (χ3v) is 3.75. The van der Waals surface area contributed by atoms with Gasteiger partial charge in [0.2, 0.25) is 0 Å². The zero-order valence-corrected chi connectivity index (χ0v) is 13.7. The van der Waals surface area contributed by atoms with E-state index in [0.29, 0.717) is 28.0 Å². The van der Waals surface area contributed by atoms with Gasteiger partial charge in [0.1, 0.15) is 12.1 Å². The summed E-state index contributed by atoms with van der Waals surface area (Å²) in [6.07, 6.45) is 1.34. The largest absolute Gasteiger partial charge is 0.504 e. The molecule has 23 heavy (non-hydrogen) atoms. The van der Waals surface area contributed by atoms with E-state index in [0.717, 1.165) is 4.47 Å². The Balaban J connectivity index is 2.00. The van der Waals surface area contributed by atoms with Gasteiger partial charge in [-0.2, -0.15) is 0 Å². The van der Waals surface area contributed by atoms with E-state index in [1.807, 2.05) is 6.07 Å². The fraction of sp³-hybridized carbons (Fsp3) is 0.0625. The SMILES string of the molecule is COc1cc2ncnc(NC(=O)c3cccc(Br)c3)c2cc1O. The number of fused-ring (bicyclic) bond motifs is 1. The van der Waals surface area contributed by atoms with Crippen LogP contribution in [0.5, 0.6) is 11.5 Å². The molecular weight excluding hydrogens is 362 g/mol. The lowest BCUT2D eigenvalue weighted by Crippen LogP contribution is -2.13. The summed E-state index contributed by atoms with van der Waals surface area (Å²) in [4.78, 5) is 20.5. The highest BCUT2D eigenvalue weighted by Gasteiger charge is 2.13. The molecule has 0 spiro atoms. The van der Waals surface area contributed by atoms with E-state index in [1.165, 1.54) is 19.5 Å². The Bertz CT molecular complexity index is 899. The summed E-state index contributed by atoms with van der Waals surface area (Å²) in [5, 5.41) is 13.2. The molecule has 0 radical (unpaired) electrons. The topological polar surface area (TPSA) is 84.3 Å². The molecule has 0 aliphatic heterocycles. The summed E-state index contributed by atoms with van der Waals surface area (Å²) in [7, 11) is 1.46. The average molecular weight is 374 g/mol. The molecule has 0 saturated heterocycles. The number of anilines is 1. The zero-order chi connectivity index (χ0) is 16.4. The summed E-state index contributed by atoms with van der Waals surface area (Å²) in [5.41, 5.74) is 1.04. The number of nitrogens with one attached hydrogen (secondary N) is 1. The molecule has 1 aromatic heterocycles. The van der Waals surface area contributed by atoms with Gasteiger partial charge >= 0.3 is 0 Å². The van der Waals surface area contributed by atoms with Crippen molar-refractivity contribution in [3.05, 3.63) is 52.8 Å². The van der Waals surface area contributed by atoms with Crippen LogP contribution >= 0.6 is 15.9 Å². The number of halogens is 1. The van der Waals surface area contributed by atoms with Gasteiger partial charge in [-0.15, -0.1) is 0 Å². The fourth-order valence-corrected chi connectivity index (χ4v) is 2.54. The predicted molar refractivity (Wildman–Crippen MR) is 89.9 cm³/mol. The molecule has 0 aliphatic carbocycles. The van der Waals surface area contributed by atoms with Gasteiger partial charge < -0.3 is 15.2 Å². The molecule has 0 aliphatic rings. The number of benzene rings is 2. The van der Waals surface area contributed by atoms with Gasteiger partial charge in [0.05, 0.1) is 12.6 Å². The number of methoxy groups -OCH3 is 1. The van der Waals surface area contributed by atoms with Crippen molar-refractivity contribution in [1.29, 1.82) is 0 Å². The van der Waals surface area contributed by atoms with E-state index in [4.69, 9.17) is 4.74 Å². The first kappa shape index (κ1) is 15.2. The quantitative estimate of drug-likeness (QED) is 0.735. The minimum absolute atomic E-state index is 0.0484. The number of rotatable bonds is 3. The highest BCUT2D eigenvalue weighted by Crippen LogP contribution is 2.32. The van der Waals surface area contributed by atoms with E-state index in [2.05, 4.69) is 31.2 Å². The number of carbonyl (C=O) groups excluding carboxylic acids is 1. The van der Waals surface area contributed by atoms with Crippen LogP contribution in [0.4, 0.5) is 5.82 Å². The molecule has 0 fully saturated rings. The zero-order valence-electron chi connectivity index (χ0n) is 12.1. The molecule has 0 bridgehead atoms. The van der Waals surface area contributed by atoms with Crippen molar-refractivity contribution < 1.29 is 14.6 Å². The van der Waals surface area contributed by atoms with Crippen LogP contribution in [-0.4, -0.2) is 28.1 Å². The van der Waals surface area contributed by atoms with Crippen molar-refractivity contribution in [3.63, 3.8) is 0 Å². The number of amides is 1. The standard InChI is InChI=1S/C16H12BrN3O3/c1-23-14-7-12-11(6-13(14)21)15(19-8-18-12)20-16(22)9-3-2-4-10(17)5-9/h2-8,21H,1H3,(H,18,19,20,22). The molecule has 6 nitrogen and oxygen atoms in total. The summed E-state index contributed by atoms with van der Waals surface area (Å²) in [6.45, 7) is 0. The number of carbonyl (C=O) groups is 1. The monoisotopic (exact) mass is 373 g/mol. The lowest BCUT2D eigenvalue weighted by Gasteiger charge is -2.09. The molecule has 0 saturated carbocycles. The van der Waals surface area contributed by atoms with Gasteiger partial charge in [0, 0.05) is 21.5 Å². The lowest BCUT2D eigenvalue weighted by molar-refractivity contribution is 0.102. The highest BCUT2D eigenvalue weighted by molar-refractivity contribution is 9.10. The fourth-order valence-electron chi connectivity index (χ4n) is 2.15. The number of aromatic nitrogens is 2. The maximum atomic E-state index is 12.3. The van der Waals surface area contributed by atoms with Crippen LogP contribution in [-0.2, 0) is 0 Å². The van der Waals surface area contributed by atoms with Gasteiger partial charge in [0.15, 0.2) is 11.5 Å². The first-order valence-corrected chi connectivity index (χ1v) is 7.46. The second-order valence-corrected chi connectivity index (χ2v) is 5.64. The van der Waals surface area contributed by atoms with Crippen LogP contribution in [0, 0.1) is 0 Å². The number of phenolic OH excluding ortho intramolecular Hbond substituents is 1. The third kappa shape index (κ3) is 3.09. The summed E-state index contributed by atoms with van der Waals surface area (Å²) in [6, 6.07) is 10.1. The van der Waals surface area contributed by atoms with Gasteiger partial charge in [0.25, 0.3) is 5.91 Å². The van der Waals surface area contributed by atoms with Gasteiger partial charge in [-0.25, -0.2) is 9.97 Å².